The normalized spacial score (nSPS) is 11.4. The number of hydrogen-bond acceptors (Lipinski definition) is 18. The molecule has 0 amide bonds. The molecule has 0 unspecified atom stereocenters. The molecule has 2 aromatic heterocycles. The van der Waals surface area contributed by atoms with Crippen molar-refractivity contribution in [2.24, 2.45) is 30.7 Å². The summed E-state index contributed by atoms with van der Waals surface area (Å²) in [5.74, 6) is -2.58. The van der Waals surface area contributed by atoms with E-state index in [4.69, 9.17) is 10.3 Å². The molecule has 6 aromatic rings. The van der Waals surface area contributed by atoms with E-state index in [2.05, 4.69) is 30.7 Å². The van der Waals surface area contributed by atoms with Crippen LogP contribution < -0.4 is 60.3 Å². The number of hydrogen-bond donors (Lipinski definition) is 2. The zero-order valence-corrected chi connectivity index (χ0v) is 35.4. The molecule has 0 saturated carbocycles. The summed E-state index contributed by atoms with van der Waals surface area (Å²) in [4.78, 5) is 19.7. The maximum atomic E-state index is 12.6. The van der Waals surface area contributed by atoms with Crippen molar-refractivity contribution in [3.05, 3.63) is 117 Å². The van der Waals surface area contributed by atoms with Gasteiger partial charge in [0, 0.05) is 36.0 Å². The van der Waals surface area contributed by atoms with Gasteiger partial charge in [0.1, 0.15) is 11.4 Å². The average Bonchev–Trinajstić information content (AvgIpc) is 3.61. The standard InChI is InChI=1S/2C16H14N6O6S.Co.Na/c2*1-9-15(19-18-13-8-12(29(17,27)28)6-7-14(13)23)16(24)21(20-9)10-2-4-11(5-3-10)22(25)26;;/h2*2-8,23-24H,1H3,(H2,17,27,28);;/q;;+3;+1/p-4. The molecule has 0 aliphatic carbocycles. The maximum absolute atomic E-state index is 12.6. The number of nitrogens with two attached hydrogens (primary N) is 2. The van der Waals surface area contributed by atoms with E-state index in [-0.39, 0.29) is 113 Å². The molecule has 0 atom stereocenters. The van der Waals surface area contributed by atoms with Gasteiger partial charge in [-0.1, -0.05) is 23.6 Å². The number of non-ortho nitro benzene ring substituents is 2. The summed E-state index contributed by atoms with van der Waals surface area (Å²) < 4.78 is 47.6. The van der Waals surface area contributed by atoms with Crippen molar-refractivity contribution in [1.29, 1.82) is 0 Å². The second kappa shape index (κ2) is 19.3. The molecule has 306 valence electrons. The first-order valence-electron chi connectivity index (χ1n) is 15.7. The first-order valence-corrected chi connectivity index (χ1v) is 18.8. The van der Waals surface area contributed by atoms with Crippen LogP contribution in [0.5, 0.6) is 23.3 Å². The Morgan fingerprint density at radius 3 is 1.17 bits per heavy atom. The molecule has 0 radical (unpaired) electrons. The Labute approximate surface area is 370 Å². The molecule has 0 aliphatic heterocycles. The largest absolute Gasteiger partial charge is 3.00 e. The zero-order chi connectivity index (χ0) is 42.7. The number of rotatable bonds is 10. The maximum Gasteiger partial charge on any atom is 3.00 e. The SMILES string of the molecule is Cc1nn(-c2ccc([N+](=O)[O-])cc2)c([O-])c1N=Nc1cc(S(N)(=O)=O)ccc1[O-].Cc1nn(-c2ccc([N+](=O)[O-])cc2)c([O-])c1N=Nc1cc(S(N)(=O)=O)ccc1[O-].[Co+3].[Na+]. The minimum atomic E-state index is -4.05. The molecule has 0 fully saturated rings. The molecule has 28 heteroatoms. The minimum Gasteiger partial charge on any atom is -0.871 e. The van der Waals surface area contributed by atoms with E-state index >= 15 is 0 Å². The second-order valence-corrected chi connectivity index (χ2v) is 14.7. The summed E-state index contributed by atoms with van der Waals surface area (Å²) in [7, 11) is -8.10. The van der Waals surface area contributed by atoms with Gasteiger partial charge >= 0.3 is 46.3 Å². The van der Waals surface area contributed by atoms with Gasteiger partial charge in [-0.3, -0.25) is 20.2 Å². The van der Waals surface area contributed by atoms with Crippen LogP contribution in [0.3, 0.4) is 0 Å². The van der Waals surface area contributed by atoms with Crippen LogP contribution in [0.2, 0.25) is 0 Å². The molecule has 0 saturated heterocycles. The van der Waals surface area contributed by atoms with Crippen LogP contribution in [0.4, 0.5) is 34.1 Å². The van der Waals surface area contributed by atoms with Gasteiger partial charge < -0.3 is 20.4 Å². The molecule has 0 spiro atoms. The van der Waals surface area contributed by atoms with Crippen LogP contribution >= 0.6 is 0 Å². The van der Waals surface area contributed by atoms with Crippen molar-refractivity contribution < 1.29 is 93.4 Å². The van der Waals surface area contributed by atoms with Crippen LogP contribution in [0.15, 0.2) is 115 Å². The van der Waals surface area contributed by atoms with Gasteiger partial charge in [-0.25, -0.2) is 36.5 Å². The monoisotopic (exact) mass is 914 g/mol. The Bertz CT molecular complexity index is 2680. The van der Waals surface area contributed by atoms with Gasteiger partial charge in [-0.15, -0.1) is 10.2 Å². The summed E-state index contributed by atoms with van der Waals surface area (Å²) in [6.45, 7) is 2.97. The van der Waals surface area contributed by atoms with Gasteiger partial charge in [0.25, 0.3) is 11.4 Å². The van der Waals surface area contributed by atoms with E-state index < -0.39 is 53.2 Å². The number of aryl methyl sites for hydroxylation is 2. The number of nitro benzene ring substituents is 2. The fourth-order valence-corrected chi connectivity index (χ4v) is 5.79. The van der Waals surface area contributed by atoms with E-state index in [9.17, 15) is 57.5 Å². The fourth-order valence-electron chi connectivity index (χ4n) is 4.72. The second-order valence-electron chi connectivity index (χ2n) is 11.6. The molecular weight excluding hydrogens is 890 g/mol. The average molecular weight is 915 g/mol. The van der Waals surface area contributed by atoms with E-state index in [1.54, 1.807) is 0 Å². The number of azo groups is 2. The zero-order valence-electron chi connectivity index (χ0n) is 30.8. The summed E-state index contributed by atoms with van der Waals surface area (Å²) in [6.07, 6.45) is 0. The number of aromatic nitrogens is 4. The van der Waals surface area contributed by atoms with E-state index in [0.29, 0.717) is 0 Å². The Hall–Kier alpha value is -6.17. The van der Waals surface area contributed by atoms with Crippen LogP contribution in [-0.2, 0) is 36.8 Å². The number of primary sulfonamides is 2. The molecule has 0 bridgehead atoms. The number of nitrogens with zero attached hydrogens (tertiary/aromatic N) is 10. The Kier molecular flexibility index (Phi) is 15.5. The molecular formula is C32H24CoN12NaO12S2. The summed E-state index contributed by atoms with van der Waals surface area (Å²) in [5, 5.41) is 103. The van der Waals surface area contributed by atoms with Gasteiger partial charge in [-0.2, -0.15) is 20.4 Å². The predicted molar refractivity (Wildman–Crippen MR) is 192 cm³/mol. The smallest absolute Gasteiger partial charge is 0.871 e. The Balaban J connectivity index is 0.000000310. The van der Waals surface area contributed by atoms with Crippen molar-refractivity contribution in [3.63, 3.8) is 0 Å². The predicted octanol–water partition coefficient (Wildman–Crippen LogP) is -0.401. The number of sulfonamides is 2. The van der Waals surface area contributed by atoms with Crippen molar-refractivity contribution in [1.82, 2.24) is 19.6 Å². The molecule has 4 aromatic carbocycles. The molecule has 2 heterocycles. The molecule has 0 aliphatic rings. The topological polar surface area (TPSA) is 384 Å². The first-order chi connectivity index (χ1) is 27.1. The third kappa shape index (κ3) is 11.1. The third-order valence-corrected chi connectivity index (χ3v) is 9.44. The van der Waals surface area contributed by atoms with Gasteiger partial charge in [0.2, 0.25) is 20.0 Å². The number of nitro groups is 2. The number of benzene rings is 4. The van der Waals surface area contributed by atoms with Crippen LogP contribution in [-0.4, -0.2) is 46.2 Å². The fraction of sp³-hybridized carbons (Fsp3) is 0.0625. The van der Waals surface area contributed by atoms with Crippen molar-refractivity contribution in [2.45, 2.75) is 23.6 Å². The first kappa shape index (κ1) is 48.2. The van der Waals surface area contributed by atoms with Crippen molar-refractivity contribution in [3.8, 4) is 34.6 Å². The third-order valence-electron chi connectivity index (χ3n) is 7.62. The molecule has 6 rings (SSSR count). The van der Waals surface area contributed by atoms with Gasteiger partial charge in [0.05, 0.1) is 53.8 Å². The van der Waals surface area contributed by atoms with E-state index in [1.165, 1.54) is 62.4 Å². The van der Waals surface area contributed by atoms with E-state index in [0.717, 1.165) is 45.8 Å². The molecule has 24 nitrogen and oxygen atoms in total. The van der Waals surface area contributed by atoms with E-state index in [1.807, 2.05) is 0 Å². The van der Waals surface area contributed by atoms with Crippen LogP contribution in [0.25, 0.3) is 11.4 Å². The minimum absolute atomic E-state index is 0. The van der Waals surface area contributed by atoms with Crippen molar-refractivity contribution >= 4 is 54.2 Å². The summed E-state index contributed by atoms with van der Waals surface area (Å²) >= 11 is 0. The molecule has 4 N–H and O–H groups in total. The summed E-state index contributed by atoms with van der Waals surface area (Å²) in [5.41, 5.74) is -0.383. The Morgan fingerprint density at radius 1 is 0.567 bits per heavy atom. The molecule has 60 heavy (non-hydrogen) atoms. The Morgan fingerprint density at radius 2 is 0.883 bits per heavy atom. The van der Waals surface area contributed by atoms with Crippen LogP contribution in [0, 0.1) is 34.1 Å². The van der Waals surface area contributed by atoms with Crippen molar-refractivity contribution in [2.75, 3.05) is 0 Å². The van der Waals surface area contributed by atoms with Crippen LogP contribution in [0.1, 0.15) is 11.4 Å². The van der Waals surface area contributed by atoms with Gasteiger partial charge in [0.15, 0.2) is 0 Å². The quantitative estimate of drug-likeness (QED) is 0.0765. The summed E-state index contributed by atoms with van der Waals surface area (Å²) in [6, 6.07) is 16.2. The van der Waals surface area contributed by atoms with Gasteiger partial charge in [-0.05, 0) is 62.4 Å².